The Morgan fingerprint density at radius 3 is 2.62 bits per heavy atom. The number of nitrogens with zero attached hydrogens (tertiary/aromatic N) is 5. The first-order valence-corrected chi connectivity index (χ1v) is 13.3. The summed E-state index contributed by atoms with van der Waals surface area (Å²) < 4.78 is 55.7. The first-order chi connectivity index (χ1) is 15.8. The minimum atomic E-state index is -4.71. The number of hydrogen-bond acceptors (Lipinski definition) is 7. The number of rotatable bonds is 4. The van der Waals surface area contributed by atoms with Crippen LogP contribution in [0.25, 0.3) is 16.9 Å². The van der Waals surface area contributed by atoms with Gasteiger partial charge in [0.2, 0.25) is 5.95 Å². The molecule has 180 valence electrons. The van der Waals surface area contributed by atoms with Gasteiger partial charge in [-0.2, -0.15) is 23.4 Å². The molecule has 1 fully saturated rings. The third kappa shape index (κ3) is 4.65. The first kappa shape index (κ1) is 24.2. The SMILES string of the molecule is CC1(C)CC[C@H](Nc2ncc(C(F)(F)F)c(-n3cnc4c(P(C)(C)=O)c(C#N)ccc43)n2)CN1. The average molecular weight is 491 g/mol. The Bertz CT molecular complexity index is 1330. The Morgan fingerprint density at radius 2 is 2.03 bits per heavy atom. The highest BCUT2D eigenvalue weighted by Crippen LogP contribution is 2.40. The lowest BCUT2D eigenvalue weighted by Crippen LogP contribution is -2.50. The van der Waals surface area contributed by atoms with Gasteiger partial charge in [-0.3, -0.25) is 4.57 Å². The molecule has 34 heavy (non-hydrogen) atoms. The van der Waals surface area contributed by atoms with Gasteiger partial charge in [-0.05, 0) is 52.2 Å². The summed E-state index contributed by atoms with van der Waals surface area (Å²) >= 11 is 0. The van der Waals surface area contributed by atoms with E-state index < -0.39 is 24.7 Å². The second-order valence-electron chi connectivity index (χ2n) is 9.48. The van der Waals surface area contributed by atoms with Gasteiger partial charge in [-0.15, -0.1) is 0 Å². The monoisotopic (exact) mass is 491 g/mol. The van der Waals surface area contributed by atoms with Crippen LogP contribution in [0.1, 0.15) is 37.8 Å². The quantitative estimate of drug-likeness (QED) is 0.533. The second-order valence-corrected chi connectivity index (χ2v) is 12.6. The van der Waals surface area contributed by atoms with Gasteiger partial charge in [0.25, 0.3) is 0 Å². The van der Waals surface area contributed by atoms with Crippen molar-refractivity contribution in [2.24, 2.45) is 0 Å². The van der Waals surface area contributed by atoms with E-state index in [9.17, 15) is 23.0 Å². The number of benzene rings is 1. The maximum absolute atomic E-state index is 13.9. The van der Waals surface area contributed by atoms with E-state index in [0.717, 1.165) is 19.0 Å². The van der Waals surface area contributed by atoms with Crippen LogP contribution in [0.4, 0.5) is 19.1 Å². The standard InChI is InChI=1S/C22H25F3N7OP/c1-21(2)8-7-14(10-29-21)30-20-27-11-15(22(23,24)25)19(31-20)32-12-28-17-16(32)6-5-13(9-26)18(17)34(3,4)33/h5-6,11-12,14,29H,7-8,10H2,1-4H3,(H,27,30,31)/t14-/m0/s1. The van der Waals surface area contributed by atoms with Crippen LogP contribution in [0.2, 0.25) is 0 Å². The molecular formula is C22H25F3N7OP. The zero-order valence-electron chi connectivity index (χ0n) is 19.2. The number of fused-ring (bicyclic) bond motifs is 1. The van der Waals surface area contributed by atoms with E-state index in [1.807, 2.05) is 6.07 Å². The molecule has 2 aromatic heterocycles. The predicted molar refractivity (Wildman–Crippen MR) is 124 cm³/mol. The van der Waals surface area contributed by atoms with Crippen molar-refractivity contribution in [2.75, 3.05) is 25.2 Å². The normalized spacial score (nSPS) is 18.6. The molecule has 0 saturated carbocycles. The molecule has 1 aliphatic rings. The predicted octanol–water partition coefficient (Wildman–Crippen LogP) is 3.90. The number of hydrogen-bond donors (Lipinski definition) is 2. The van der Waals surface area contributed by atoms with E-state index in [2.05, 4.69) is 39.4 Å². The molecule has 1 aromatic carbocycles. The summed E-state index contributed by atoms with van der Waals surface area (Å²) in [6, 6.07) is 4.89. The Kier molecular flexibility index (Phi) is 5.95. The van der Waals surface area contributed by atoms with Crippen LogP contribution in [0, 0.1) is 11.3 Å². The van der Waals surface area contributed by atoms with Gasteiger partial charge in [0.15, 0.2) is 5.82 Å². The van der Waals surface area contributed by atoms with Crippen molar-refractivity contribution in [1.29, 1.82) is 5.26 Å². The van der Waals surface area contributed by atoms with Crippen molar-refractivity contribution in [2.45, 2.75) is 44.4 Å². The van der Waals surface area contributed by atoms with E-state index in [-0.39, 0.29) is 39.4 Å². The third-order valence-electron chi connectivity index (χ3n) is 5.93. The maximum Gasteiger partial charge on any atom is 0.421 e. The smallest absolute Gasteiger partial charge is 0.350 e. The van der Waals surface area contributed by atoms with Gasteiger partial charge < -0.3 is 15.2 Å². The summed E-state index contributed by atoms with van der Waals surface area (Å²) in [5, 5.41) is 16.2. The average Bonchev–Trinajstić information content (AvgIpc) is 3.16. The fourth-order valence-electron chi connectivity index (χ4n) is 4.13. The molecule has 1 saturated heterocycles. The first-order valence-electron chi connectivity index (χ1n) is 10.7. The van der Waals surface area contributed by atoms with E-state index in [1.165, 1.54) is 36.4 Å². The largest absolute Gasteiger partial charge is 0.421 e. The van der Waals surface area contributed by atoms with Crippen LogP contribution in [-0.2, 0) is 10.7 Å². The highest BCUT2D eigenvalue weighted by Gasteiger charge is 2.37. The molecule has 3 aromatic rings. The number of nitriles is 1. The molecule has 1 atom stereocenters. The molecule has 12 heteroatoms. The number of anilines is 1. The molecule has 8 nitrogen and oxygen atoms in total. The third-order valence-corrected chi connectivity index (χ3v) is 7.46. The van der Waals surface area contributed by atoms with Crippen molar-refractivity contribution in [1.82, 2.24) is 24.8 Å². The lowest BCUT2D eigenvalue weighted by Gasteiger charge is -2.36. The number of halogens is 3. The molecule has 0 radical (unpaired) electrons. The van der Waals surface area contributed by atoms with E-state index in [4.69, 9.17) is 0 Å². The van der Waals surface area contributed by atoms with Crippen LogP contribution in [0.15, 0.2) is 24.7 Å². The molecule has 0 spiro atoms. The molecule has 0 bridgehead atoms. The van der Waals surface area contributed by atoms with E-state index in [1.54, 1.807) is 0 Å². The highest BCUT2D eigenvalue weighted by atomic mass is 31.2. The van der Waals surface area contributed by atoms with Crippen LogP contribution in [-0.4, -0.2) is 51.0 Å². The molecule has 3 heterocycles. The number of alkyl halides is 3. The fraction of sp³-hybridized carbons (Fsp3) is 0.455. The Morgan fingerprint density at radius 1 is 1.29 bits per heavy atom. The summed E-state index contributed by atoms with van der Waals surface area (Å²) in [7, 11) is -2.96. The topological polar surface area (TPSA) is 109 Å². The molecule has 2 N–H and O–H groups in total. The summed E-state index contributed by atoms with van der Waals surface area (Å²) in [6.07, 6.45) is -1.04. The summed E-state index contributed by atoms with van der Waals surface area (Å²) in [5.41, 5.74) is -0.360. The zero-order valence-corrected chi connectivity index (χ0v) is 20.1. The van der Waals surface area contributed by atoms with Crippen LogP contribution in [0.5, 0.6) is 0 Å². The molecule has 0 amide bonds. The van der Waals surface area contributed by atoms with Crippen molar-refractivity contribution in [3.8, 4) is 11.9 Å². The van der Waals surface area contributed by atoms with Crippen molar-refractivity contribution < 1.29 is 17.7 Å². The minimum absolute atomic E-state index is 0.00194. The van der Waals surface area contributed by atoms with Crippen LogP contribution >= 0.6 is 7.14 Å². The molecule has 1 aliphatic heterocycles. The Labute approximate surface area is 195 Å². The van der Waals surface area contributed by atoms with Crippen molar-refractivity contribution in [3.63, 3.8) is 0 Å². The number of piperidine rings is 1. The van der Waals surface area contributed by atoms with Crippen molar-refractivity contribution >= 4 is 29.4 Å². The Hall–Kier alpha value is -2.96. The van der Waals surface area contributed by atoms with Crippen LogP contribution in [0.3, 0.4) is 0 Å². The van der Waals surface area contributed by atoms with Gasteiger partial charge in [-0.1, -0.05) is 0 Å². The second kappa shape index (κ2) is 8.36. The molecular weight excluding hydrogens is 466 g/mol. The number of imidazole rings is 1. The maximum atomic E-state index is 13.9. The minimum Gasteiger partial charge on any atom is -0.350 e. The van der Waals surface area contributed by atoms with E-state index in [0.29, 0.717) is 6.54 Å². The van der Waals surface area contributed by atoms with Gasteiger partial charge in [0.05, 0.1) is 22.5 Å². The van der Waals surface area contributed by atoms with Gasteiger partial charge in [-0.25, -0.2) is 9.97 Å². The lowest BCUT2D eigenvalue weighted by atomic mass is 9.91. The zero-order chi connectivity index (χ0) is 24.9. The molecule has 0 aliphatic carbocycles. The molecule has 0 unspecified atom stereocenters. The Balaban J connectivity index is 1.82. The number of nitrogens with one attached hydrogen (secondary N) is 2. The van der Waals surface area contributed by atoms with Gasteiger partial charge in [0.1, 0.15) is 24.5 Å². The summed E-state index contributed by atoms with van der Waals surface area (Å²) in [6.45, 7) is 7.81. The van der Waals surface area contributed by atoms with Crippen molar-refractivity contribution in [3.05, 3.63) is 35.8 Å². The van der Waals surface area contributed by atoms with Gasteiger partial charge in [0, 0.05) is 24.3 Å². The summed E-state index contributed by atoms with van der Waals surface area (Å²) in [5.74, 6) is -0.323. The highest BCUT2D eigenvalue weighted by molar-refractivity contribution is 7.70. The lowest BCUT2D eigenvalue weighted by molar-refractivity contribution is -0.137. The summed E-state index contributed by atoms with van der Waals surface area (Å²) in [4.78, 5) is 12.4. The fourth-order valence-corrected chi connectivity index (χ4v) is 5.52. The molecule has 4 rings (SSSR count). The number of aromatic nitrogens is 4. The van der Waals surface area contributed by atoms with E-state index >= 15 is 0 Å². The van der Waals surface area contributed by atoms with Gasteiger partial charge >= 0.3 is 6.18 Å². The van der Waals surface area contributed by atoms with Crippen LogP contribution < -0.4 is 15.9 Å².